The van der Waals surface area contributed by atoms with Gasteiger partial charge in [-0.15, -0.1) is 0 Å². The van der Waals surface area contributed by atoms with Gasteiger partial charge in [0.1, 0.15) is 0 Å². The zero-order chi connectivity index (χ0) is 19.8. The van der Waals surface area contributed by atoms with Crippen molar-refractivity contribution in [1.82, 2.24) is 15.6 Å². The number of halogens is 1. The van der Waals surface area contributed by atoms with Gasteiger partial charge in [-0.3, -0.25) is 24.6 Å². The summed E-state index contributed by atoms with van der Waals surface area (Å²) in [5.74, 6) is -2.23. The fraction of sp³-hybridized carbons (Fsp3) is 0.421. The lowest BCUT2D eigenvalue weighted by molar-refractivity contribution is -0.141. The third kappa shape index (κ3) is 3.40. The number of hydrogen-bond donors (Lipinski definition) is 2. The maximum Gasteiger partial charge on any atom is 0.331 e. The van der Waals surface area contributed by atoms with Crippen molar-refractivity contribution in [2.45, 2.75) is 31.7 Å². The standard InChI is InChI=1S/C19H19ClN4O4/c20-13-5-3-11(4-6-13)16(25)23-21-9-14-17(26)22-19(28)24(18(14)27)15-8-10-1-2-12(15)7-10/h3-6,9-10,12,14-15H,1-2,7-8H2,(H,23,25)(H,22,26,28)/b21-9-/t10-,12-,14+,15+/m0/s1. The first-order valence-electron chi connectivity index (χ1n) is 9.21. The van der Waals surface area contributed by atoms with Gasteiger partial charge in [0, 0.05) is 22.8 Å². The SMILES string of the molecule is O=C(N/N=C\[C@@H]1C(=O)NC(=O)N([C@@H]2C[C@H]3CC[C@H]2C3)C1=O)c1ccc(Cl)cc1. The molecule has 2 N–H and O–H groups in total. The summed E-state index contributed by atoms with van der Waals surface area (Å²) in [4.78, 5) is 50.4. The number of carbonyl (C=O) groups is 4. The van der Waals surface area contributed by atoms with E-state index in [0.717, 1.165) is 31.9 Å². The summed E-state index contributed by atoms with van der Waals surface area (Å²) in [6.45, 7) is 0. The van der Waals surface area contributed by atoms with Crippen molar-refractivity contribution < 1.29 is 19.2 Å². The predicted octanol–water partition coefficient (Wildman–Crippen LogP) is 1.94. The van der Waals surface area contributed by atoms with Crippen LogP contribution in [-0.2, 0) is 9.59 Å². The molecule has 1 saturated heterocycles. The third-order valence-electron chi connectivity index (χ3n) is 5.76. The van der Waals surface area contributed by atoms with Crippen LogP contribution in [0.15, 0.2) is 29.4 Å². The zero-order valence-corrected chi connectivity index (χ0v) is 15.7. The highest BCUT2D eigenvalue weighted by Gasteiger charge is 2.50. The summed E-state index contributed by atoms with van der Waals surface area (Å²) in [6, 6.07) is 5.36. The number of hydrazone groups is 1. The first kappa shape index (κ1) is 18.6. The van der Waals surface area contributed by atoms with Gasteiger partial charge in [-0.25, -0.2) is 10.2 Å². The molecule has 0 unspecified atom stereocenters. The zero-order valence-electron chi connectivity index (χ0n) is 14.9. The van der Waals surface area contributed by atoms with Crippen LogP contribution in [0.3, 0.4) is 0 Å². The number of fused-ring (bicyclic) bond motifs is 2. The molecule has 1 aromatic carbocycles. The molecule has 2 aliphatic carbocycles. The minimum absolute atomic E-state index is 0.168. The molecular formula is C19H19ClN4O4. The Morgan fingerprint density at radius 1 is 1.18 bits per heavy atom. The van der Waals surface area contributed by atoms with E-state index in [1.807, 2.05) is 0 Å². The monoisotopic (exact) mass is 402 g/mol. The van der Waals surface area contributed by atoms with E-state index in [-0.39, 0.29) is 6.04 Å². The molecule has 8 nitrogen and oxygen atoms in total. The van der Waals surface area contributed by atoms with Crippen molar-refractivity contribution in [2.75, 3.05) is 0 Å². The Morgan fingerprint density at radius 3 is 2.57 bits per heavy atom. The summed E-state index contributed by atoms with van der Waals surface area (Å²) < 4.78 is 0. The van der Waals surface area contributed by atoms with E-state index in [4.69, 9.17) is 11.6 Å². The molecule has 5 amide bonds. The number of urea groups is 1. The normalized spacial score (nSPS) is 29.5. The van der Waals surface area contributed by atoms with Gasteiger partial charge in [0.05, 0.1) is 0 Å². The van der Waals surface area contributed by atoms with Crippen LogP contribution >= 0.6 is 11.6 Å². The Bertz CT molecular complexity index is 869. The molecule has 0 spiro atoms. The number of nitrogens with zero attached hydrogens (tertiary/aromatic N) is 2. The minimum Gasteiger partial charge on any atom is -0.277 e. The first-order valence-corrected chi connectivity index (χ1v) is 9.59. The molecule has 1 aliphatic heterocycles. The molecule has 0 radical (unpaired) electrons. The van der Waals surface area contributed by atoms with E-state index >= 15 is 0 Å². The number of rotatable bonds is 4. The van der Waals surface area contributed by atoms with E-state index in [0.29, 0.717) is 22.4 Å². The number of hydrogen-bond acceptors (Lipinski definition) is 5. The molecule has 1 heterocycles. The number of imide groups is 2. The molecule has 3 aliphatic rings. The van der Waals surface area contributed by atoms with Crippen molar-refractivity contribution in [1.29, 1.82) is 0 Å². The van der Waals surface area contributed by atoms with Gasteiger partial charge in [0.2, 0.25) is 11.8 Å². The van der Waals surface area contributed by atoms with Crippen LogP contribution in [0, 0.1) is 17.8 Å². The molecule has 9 heteroatoms. The van der Waals surface area contributed by atoms with Crippen LogP contribution in [-0.4, -0.2) is 40.9 Å². The van der Waals surface area contributed by atoms with E-state index in [1.165, 1.54) is 17.0 Å². The average Bonchev–Trinajstić information content (AvgIpc) is 3.28. The van der Waals surface area contributed by atoms with E-state index in [9.17, 15) is 19.2 Å². The van der Waals surface area contributed by atoms with E-state index < -0.39 is 29.7 Å². The molecular weight excluding hydrogens is 384 g/mol. The highest BCUT2D eigenvalue weighted by Crippen LogP contribution is 2.47. The number of barbiturate groups is 1. The second-order valence-electron chi connectivity index (χ2n) is 7.45. The first-order chi connectivity index (χ1) is 13.4. The maximum atomic E-state index is 12.8. The Morgan fingerprint density at radius 2 is 1.93 bits per heavy atom. The summed E-state index contributed by atoms with van der Waals surface area (Å²) in [5.41, 5.74) is 2.61. The van der Waals surface area contributed by atoms with Gasteiger partial charge in [0.25, 0.3) is 5.91 Å². The molecule has 146 valence electrons. The fourth-order valence-electron chi connectivity index (χ4n) is 4.41. The van der Waals surface area contributed by atoms with Crippen LogP contribution in [0.4, 0.5) is 4.79 Å². The van der Waals surface area contributed by atoms with Crippen molar-refractivity contribution in [3.63, 3.8) is 0 Å². The van der Waals surface area contributed by atoms with Crippen LogP contribution in [0.1, 0.15) is 36.0 Å². The second-order valence-corrected chi connectivity index (χ2v) is 7.88. The summed E-state index contributed by atoms with van der Waals surface area (Å²) in [5, 5.41) is 6.48. The van der Waals surface area contributed by atoms with Crippen LogP contribution in [0.2, 0.25) is 5.02 Å². The van der Waals surface area contributed by atoms with Crippen molar-refractivity contribution in [2.24, 2.45) is 22.9 Å². The Labute approximate surface area is 166 Å². The smallest absolute Gasteiger partial charge is 0.277 e. The quantitative estimate of drug-likeness (QED) is 0.455. The fourth-order valence-corrected chi connectivity index (χ4v) is 4.54. The van der Waals surface area contributed by atoms with Gasteiger partial charge in [-0.2, -0.15) is 5.10 Å². The number of nitrogens with one attached hydrogen (secondary N) is 2. The number of amides is 5. The summed E-state index contributed by atoms with van der Waals surface area (Å²) in [6.07, 6.45) is 5.00. The van der Waals surface area contributed by atoms with Crippen LogP contribution in [0.5, 0.6) is 0 Å². The highest BCUT2D eigenvalue weighted by atomic mass is 35.5. The molecule has 28 heavy (non-hydrogen) atoms. The minimum atomic E-state index is -1.25. The Kier molecular flexibility index (Phi) is 4.89. The van der Waals surface area contributed by atoms with Crippen molar-refractivity contribution >= 4 is 41.6 Å². The number of carbonyl (C=O) groups excluding carboxylic acids is 4. The second kappa shape index (κ2) is 7.35. The average molecular weight is 403 g/mol. The van der Waals surface area contributed by atoms with E-state index in [2.05, 4.69) is 15.8 Å². The number of benzene rings is 1. The van der Waals surface area contributed by atoms with E-state index in [1.54, 1.807) is 12.1 Å². The Hall–Kier alpha value is -2.74. The van der Waals surface area contributed by atoms with Crippen molar-refractivity contribution in [3.8, 4) is 0 Å². The maximum absolute atomic E-state index is 12.8. The lowest BCUT2D eigenvalue weighted by Gasteiger charge is -2.36. The summed E-state index contributed by atoms with van der Waals surface area (Å²) >= 11 is 5.78. The van der Waals surface area contributed by atoms with Gasteiger partial charge in [-0.1, -0.05) is 18.0 Å². The highest BCUT2D eigenvalue weighted by molar-refractivity contribution is 6.30. The molecule has 3 fully saturated rings. The molecule has 1 aromatic rings. The molecule has 0 aromatic heterocycles. The molecule has 2 saturated carbocycles. The van der Waals surface area contributed by atoms with Crippen LogP contribution < -0.4 is 10.7 Å². The summed E-state index contributed by atoms with van der Waals surface area (Å²) in [7, 11) is 0. The van der Waals surface area contributed by atoms with Gasteiger partial charge in [-0.05, 0) is 55.4 Å². The lowest BCUT2D eigenvalue weighted by Crippen LogP contribution is -2.62. The molecule has 4 rings (SSSR count). The third-order valence-corrected chi connectivity index (χ3v) is 6.02. The predicted molar refractivity (Wildman–Crippen MR) is 101 cm³/mol. The molecule has 2 bridgehead atoms. The largest absolute Gasteiger partial charge is 0.331 e. The van der Waals surface area contributed by atoms with Crippen molar-refractivity contribution in [3.05, 3.63) is 34.9 Å². The van der Waals surface area contributed by atoms with Crippen LogP contribution in [0.25, 0.3) is 0 Å². The van der Waals surface area contributed by atoms with Gasteiger partial charge in [0.15, 0.2) is 5.92 Å². The van der Waals surface area contributed by atoms with Gasteiger partial charge >= 0.3 is 6.03 Å². The Balaban J connectivity index is 1.44. The lowest BCUT2D eigenvalue weighted by atomic mass is 9.92. The van der Waals surface area contributed by atoms with Gasteiger partial charge < -0.3 is 0 Å². The topological polar surface area (TPSA) is 108 Å². The molecule has 4 atom stereocenters.